The van der Waals surface area contributed by atoms with Crippen LogP contribution < -0.4 is 0 Å². The van der Waals surface area contributed by atoms with E-state index in [1.165, 1.54) is 7.11 Å². The lowest BCUT2D eigenvalue weighted by molar-refractivity contribution is -0.141. The molecule has 1 atom stereocenters. The van der Waals surface area contributed by atoms with Gasteiger partial charge in [0, 0.05) is 28.5 Å². The molecule has 0 aliphatic rings. The van der Waals surface area contributed by atoms with Crippen LogP contribution in [-0.2, 0) is 9.53 Å². The van der Waals surface area contributed by atoms with Crippen LogP contribution in [-0.4, -0.2) is 18.9 Å². The van der Waals surface area contributed by atoms with Crippen LogP contribution in [0.15, 0.2) is 18.2 Å². The molecule has 0 amide bonds. The first-order valence-electron chi connectivity index (χ1n) is 5.48. The maximum absolute atomic E-state index is 12.0. The van der Waals surface area contributed by atoms with Crippen molar-refractivity contribution in [2.45, 2.75) is 19.8 Å². The van der Waals surface area contributed by atoms with Gasteiger partial charge in [0.05, 0.1) is 7.11 Å². The number of methoxy groups -OCH3 is 1. The van der Waals surface area contributed by atoms with E-state index in [-0.39, 0.29) is 30.5 Å². The van der Waals surface area contributed by atoms with Crippen molar-refractivity contribution in [1.29, 1.82) is 0 Å². The number of ketones is 1. The van der Waals surface area contributed by atoms with Crippen LogP contribution in [0.1, 0.15) is 30.1 Å². The molecule has 3 nitrogen and oxygen atoms in total. The smallest absolute Gasteiger partial charge is 0.305 e. The van der Waals surface area contributed by atoms with E-state index in [9.17, 15) is 9.59 Å². The molecule has 0 spiro atoms. The van der Waals surface area contributed by atoms with E-state index in [0.29, 0.717) is 15.6 Å². The highest BCUT2D eigenvalue weighted by Crippen LogP contribution is 2.21. The number of hydrogen-bond acceptors (Lipinski definition) is 3. The highest BCUT2D eigenvalue weighted by molar-refractivity contribution is 6.35. The average molecular weight is 289 g/mol. The SMILES string of the molecule is COC(=O)CC(C)CC(=O)c1cc(Cl)cc(Cl)c1. The van der Waals surface area contributed by atoms with Crippen molar-refractivity contribution in [1.82, 2.24) is 0 Å². The van der Waals surface area contributed by atoms with Crippen LogP contribution in [0.2, 0.25) is 10.0 Å². The fourth-order valence-electron chi connectivity index (χ4n) is 1.59. The average Bonchev–Trinajstić information content (AvgIpc) is 2.27. The highest BCUT2D eigenvalue weighted by atomic mass is 35.5. The van der Waals surface area contributed by atoms with Gasteiger partial charge in [0.2, 0.25) is 0 Å². The third-order valence-electron chi connectivity index (χ3n) is 2.46. The fraction of sp³-hybridized carbons (Fsp3) is 0.385. The second kappa shape index (κ2) is 6.76. The maximum Gasteiger partial charge on any atom is 0.305 e. The zero-order chi connectivity index (χ0) is 13.7. The first-order valence-corrected chi connectivity index (χ1v) is 6.24. The maximum atomic E-state index is 12.0. The number of rotatable bonds is 5. The lowest BCUT2D eigenvalue weighted by Crippen LogP contribution is -2.11. The summed E-state index contributed by atoms with van der Waals surface area (Å²) in [6.45, 7) is 1.82. The molecule has 1 aromatic carbocycles. The molecule has 0 bridgehead atoms. The summed E-state index contributed by atoms with van der Waals surface area (Å²) < 4.78 is 4.55. The Labute approximate surface area is 116 Å². The van der Waals surface area contributed by atoms with Gasteiger partial charge in [-0.1, -0.05) is 30.1 Å². The third kappa shape index (κ3) is 4.67. The van der Waals surface area contributed by atoms with Crippen LogP contribution >= 0.6 is 23.2 Å². The Kier molecular flexibility index (Phi) is 5.63. The fourth-order valence-corrected chi connectivity index (χ4v) is 2.12. The van der Waals surface area contributed by atoms with Crippen LogP contribution in [0, 0.1) is 5.92 Å². The number of esters is 1. The molecule has 0 fully saturated rings. The summed E-state index contributed by atoms with van der Waals surface area (Å²) in [7, 11) is 1.33. The molecular formula is C13H14Cl2O3. The minimum absolute atomic E-state index is 0.0808. The summed E-state index contributed by atoms with van der Waals surface area (Å²) in [4.78, 5) is 23.0. The van der Waals surface area contributed by atoms with E-state index >= 15 is 0 Å². The molecule has 1 unspecified atom stereocenters. The number of hydrogen-bond donors (Lipinski definition) is 0. The van der Waals surface area contributed by atoms with Crippen molar-refractivity contribution in [3.8, 4) is 0 Å². The Bertz CT molecular complexity index is 437. The number of ether oxygens (including phenoxy) is 1. The predicted octanol–water partition coefficient (Wildman–Crippen LogP) is 3.77. The number of carbonyl (C=O) groups is 2. The molecule has 1 aromatic rings. The van der Waals surface area contributed by atoms with Gasteiger partial charge >= 0.3 is 5.97 Å². The van der Waals surface area contributed by atoms with E-state index in [2.05, 4.69) is 4.74 Å². The monoisotopic (exact) mass is 288 g/mol. The number of halogens is 2. The molecule has 5 heteroatoms. The van der Waals surface area contributed by atoms with Gasteiger partial charge in [-0.3, -0.25) is 9.59 Å². The largest absolute Gasteiger partial charge is 0.469 e. The van der Waals surface area contributed by atoms with Crippen LogP contribution in [0.3, 0.4) is 0 Å². The Morgan fingerprint density at radius 1 is 1.17 bits per heavy atom. The summed E-state index contributed by atoms with van der Waals surface area (Å²) >= 11 is 11.7. The molecule has 0 aromatic heterocycles. The molecule has 0 saturated carbocycles. The Morgan fingerprint density at radius 2 is 1.72 bits per heavy atom. The molecule has 18 heavy (non-hydrogen) atoms. The first kappa shape index (κ1) is 15.0. The molecule has 98 valence electrons. The second-order valence-corrected chi connectivity index (χ2v) is 5.04. The third-order valence-corrected chi connectivity index (χ3v) is 2.90. The normalized spacial score (nSPS) is 12.0. The Morgan fingerprint density at radius 3 is 2.22 bits per heavy atom. The number of carbonyl (C=O) groups excluding carboxylic acids is 2. The van der Waals surface area contributed by atoms with Gasteiger partial charge in [-0.25, -0.2) is 0 Å². The molecular weight excluding hydrogens is 275 g/mol. The summed E-state index contributed by atoms with van der Waals surface area (Å²) in [6.07, 6.45) is 0.475. The minimum Gasteiger partial charge on any atom is -0.469 e. The van der Waals surface area contributed by atoms with Crippen molar-refractivity contribution in [2.75, 3.05) is 7.11 Å². The molecule has 0 aliphatic carbocycles. The minimum atomic E-state index is -0.320. The zero-order valence-corrected chi connectivity index (χ0v) is 11.7. The quantitative estimate of drug-likeness (QED) is 0.612. The van der Waals surface area contributed by atoms with Gasteiger partial charge in [-0.15, -0.1) is 0 Å². The van der Waals surface area contributed by atoms with Gasteiger partial charge in [0.1, 0.15) is 0 Å². The van der Waals surface area contributed by atoms with E-state index in [1.807, 2.05) is 6.92 Å². The van der Waals surface area contributed by atoms with Crippen molar-refractivity contribution < 1.29 is 14.3 Å². The highest BCUT2D eigenvalue weighted by Gasteiger charge is 2.15. The van der Waals surface area contributed by atoms with Crippen molar-refractivity contribution in [3.05, 3.63) is 33.8 Å². The lowest BCUT2D eigenvalue weighted by atomic mass is 9.97. The van der Waals surface area contributed by atoms with Gasteiger partial charge in [-0.05, 0) is 24.1 Å². The Hall–Kier alpha value is -1.06. The molecule has 1 rings (SSSR count). The number of benzene rings is 1. The van der Waals surface area contributed by atoms with Gasteiger partial charge in [0.25, 0.3) is 0 Å². The van der Waals surface area contributed by atoms with Crippen molar-refractivity contribution in [3.63, 3.8) is 0 Å². The topological polar surface area (TPSA) is 43.4 Å². The van der Waals surface area contributed by atoms with E-state index in [0.717, 1.165) is 0 Å². The molecule has 0 saturated heterocycles. The molecule has 0 aliphatic heterocycles. The molecule has 0 radical (unpaired) electrons. The van der Waals surface area contributed by atoms with Crippen LogP contribution in [0.5, 0.6) is 0 Å². The van der Waals surface area contributed by atoms with Crippen molar-refractivity contribution in [2.24, 2.45) is 5.92 Å². The number of Topliss-reactive ketones (excluding diaryl/α,β-unsaturated/α-hetero) is 1. The van der Waals surface area contributed by atoms with Gasteiger partial charge in [-0.2, -0.15) is 0 Å². The molecule has 0 heterocycles. The van der Waals surface area contributed by atoms with E-state index in [4.69, 9.17) is 23.2 Å². The van der Waals surface area contributed by atoms with Gasteiger partial charge < -0.3 is 4.74 Å². The van der Waals surface area contributed by atoms with E-state index in [1.54, 1.807) is 18.2 Å². The zero-order valence-electron chi connectivity index (χ0n) is 10.2. The van der Waals surface area contributed by atoms with Gasteiger partial charge in [0.15, 0.2) is 5.78 Å². The van der Waals surface area contributed by atoms with Crippen LogP contribution in [0.4, 0.5) is 0 Å². The standard InChI is InChI=1S/C13H14Cl2O3/c1-8(4-13(17)18-2)3-12(16)9-5-10(14)7-11(15)6-9/h5-8H,3-4H2,1-2H3. The summed E-state index contributed by atoms with van der Waals surface area (Å²) in [6, 6.07) is 4.71. The first-order chi connectivity index (χ1) is 8.42. The van der Waals surface area contributed by atoms with Crippen molar-refractivity contribution >= 4 is 35.0 Å². The summed E-state index contributed by atoms with van der Waals surface area (Å²) in [5, 5.41) is 0.845. The Balaban J connectivity index is 2.67. The molecule has 0 N–H and O–H groups in total. The van der Waals surface area contributed by atoms with E-state index < -0.39 is 0 Å². The predicted molar refractivity (Wildman–Crippen MR) is 71.2 cm³/mol. The van der Waals surface area contributed by atoms with Crippen LogP contribution in [0.25, 0.3) is 0 Å². The second-order valence-electron chi connectivity index (χ2n) is 4.17. The lowest BCUT2D eigenvalue weighted by Gasteiger charge is -2.09. The summed E-state index contributed by atoms with van der Waals surface area (Å²) in [5.41, 5.74) is 0.462. The summed E-state index contributed by atoms with van der Waals surface area (Å²) in [5.74, 6) is -0.488.